The van der Waals surface area contributed by atoms with E-state index in [-0.39, 0.29) is 0 Å². The van der Waals surface area contributed by atoms with Crippen LogP contribution in [0.5, 0.6) is 11.5 Å². The van der Waals surface area contributed by atoms with E-state index in [1.165, 1.54) is 7.11 Å². The molecule has 2 rings (SSSR count). The minimum absolute atomic E-state index is 0.372. The van der Waals surface area contributed by atoms with Crippen LogP contribution in [0.1, 0.15) is 12.5 Å². The van der Waals surface area contributed by atoms with Crippen molar-refractivity contribution in [3.8, 4) is 11.5 Å². The Hall–Kier alpha value is -2.73. The van der Waals surface area contributed by atoms with E-state index in [9.17, 15) is 9.59 Å². The molecule has 0 radical (unpaired) electrons. The zero-order valence-corrected chi connectivity index (χ0v) is 14.9. The number of anilines is 2. The Labute approximate surface area is 151 Å². The monoisotopic (exact) mass is 362 g/mol. The Kier molecular flexibility index (Phi) is 6.25. The molecule has 0 bridgehead atoms. The maximum atomic E-state index is 12.1. The van der Waals surface area contributed by atoms with E-state index in [0.29, 0.717) is 34.5 Å². The van der Waals surface area contributed by atoms with Crippen LogP contribution in [0.15, 0.2) is 36.4 Å². The van der Waals surface area contributed by atoms with Gasteiger partial charge >= 0.3 is 11.8 Å². The Balaban J connectivity index is 2.05. The third-order valence-electron chi connectivity index (χ3n) is 3.36. The van der Waals surface area contributed by atoms with Gasteiger partial charge in [-0.15, -0.1) is 0 Å². The molecule has 2 aromatic carbocycles. The molecule has 0 fully saturated rings. The van der Waals surface area contributed by atoms with Gasteiger partial charge in [-0.1, -0.05) is 11.6 Å². The number of carbonyl (C=O) groups excluding carboxylic acids is 2. The highest BCUT2D eigenvalue weighted by atomic mass is 35.5. The minimum Gasteiger partial charge on any atom is -0.495 e. The van der Waals surface area contributed by atoms with Gasteiger partial charge in [-0.25, -0.2) is 0 Å². The number of nitrogens with one attached hydrogen (secondary N) is 2. The predicted molar refractivity (Wildman–Crippen MR) is 97.6 cm³/mol. The number of halogens is 1. The first-order chi connectivity index (χ1) is 11.9. The summed E-state index contributed by atoms with van der Waals surface area (Å²) in [7, 11) is 1.46. The van der Waals surface area contributed by atoms with Crippen molar-refractivity contribution in [3.63, 3.8) is 0 Å². The third kappa shape index (κ3) is 4.87. The van der Waals surface area contributed by atoms with Gasteiger partial charge in [-0.2, -0.15) is 0 Å². The maximum Gasteiger partial charge on any atom is 0.314 e. The van der Waals surface area contributed by atoms with Crippen LogP contribution in [0, 0.1) is 6.92 Å². The number of rotatable bonds is 5. The molecule has 2 aromatic rings. The fourth-order valence-corrected chi connectivity index (χ4v) is 2.25. The molecule has 0 spiro atoms. The van der Waals surface area contributed by atoms with Crippen molar-refractivity contribution in [1.82, 2.24) is 0 Å². The predicted octanol–water partition coefficient (Wildman–Crippen LogP) is 3.63. The standard InChI is InChI=1S/C18H19ClN2O4/c1-4-25-13-7-5-12(6-8-13)20-17(22)18(23)21-15-9-11(2)14(19)10-16(15)24-3/h5-10H,4H2,1-3H3,(H,20,22)(H,21,23). The molecule has 25 heavy (non-hydrogen) atoms. The number of aryl methyl sites for hydroxylation is 1. The highest BCUT2D eigenvalue weighted by Gasteiger charge is 2.17. The molecule has 0 aromatic heterocycles. The average molecular weight is 363 g/mol. The van der Waals surface area contributed by atoms with Gasteiger partial charge in [0.15, 0.2) is 0 Å². The van der Waals surface area contributed by atoms with Crippen molar-refractivity contribution in [3.05, 3.63) is 47.0 Å². The smallest absolute Gasteiger partial charge is 0.314 e. The lowest BCUT2D eigenvalue weighted by molar-refractivity contribution is -0.133. The summed E-state index contributed by atoms with van der Waals surface area (Å²) >= 11 is 6.02. The topological polar surface area (TPSA) is 76.7 Å². The molecule has 2 N–H and O–H groups in total. The van der Waals surface area contributed by atoms with E-state index in [1.807, 2.05) is 6.92 Å². The van der Waals surface area contributed by atoms with E-state index in [0.717, 1.165) is 5.56 Å². The number of amides is 2. The summed E-state index contributed by atoms with van der Waals surface area (Å²) in [6.07, 6.45) is 0. The molecule has 0 aliphatic carbocycles. The molecule has 132 valence electrons. The lowest BCUT2D eigenvalue weighted by atomic mass is 10.2. The Morgan fingerprint density at radius 1 is 1.08 bits per heavy atom. The Morgan fingerprint density at radius 3 is 2.32 bits per heavy atom. The summed E-state index contributed by atoms with van der Waals surface area (Å²) in [5.41, 5.74) is 1.61. The first-order valence-electron chi connectivity index (χ1n) is 7.64. The molecule has 0 aliphatic heterocycles. The van der Waals surface area contributed by atoms with E-state index in [2.05, 4.69) is 10.6 Å². The van der Waals surface area contributed by atoms with Crippen LogP contribution in [0.2, 0.25) is 5.02 Å². The molecule has 0 heterocycles. The second kappa shape index (κ2) is 8.39. The number of carbonyl (C=O) groups is 2. The number of ether oxygens (including phenoxy) is 2. The second-order valence-electron chi connectivity index (χ2n) is 5.17. The van der Waals surface area contributed by atoms with Gasteiger partial charge in [-0.05, 0) is 49.7 Å². The lowest BCUT2D eigenvalue weighted by Crippen LogP contribution is -2.29. The summed E-state index contributed by atoms with van der Waals surface area (Å²) in [4.78, 5) is 24.2. The van der Waals surface area contributed by atoms with Gasteiger partial charge in [0.05, 0.1) is 19.4 Å². The first-order valence-corrected chi connectivity index (χ1v) is 8.01. The summed E-state index contributed by atoms with van der Waals surface area (Å²) in [5, 5.41) is 5.55. The average Bonchev–Trinajstić information content (AvgIpc) is 2.59. The summed E-state index contributed by atoms with van der Waals surface area (Å²) in [6.45, 7) is 4.22. The van der Waals surface area contributed by atoms with E-state index in [4.69, 9.17) is 21.1 Å². The zero-order chi connectivity index (χ0) is 18.4. The molecule has 0 saturated carbocycles. The van der Waals surface area contributed by atoms with Gasteiger partial charge in [0.2, 0.25) is 0 Å². The first kappa shape index (κ1) is 18.6. The van der Waals surface area contributed by atoms with Crippen LogP contribution in [-0.2, 0) is 9.59 Å². The fraction of sp³-hybridized carbons (Fsp3) is 0.222. The highest BCUT2D eigenvalue weighted by Crippen LogP contribution is 2.30. The largest absolute Gasteiger partial charge is 0.495 e. The number of hydrogen-bond donors (Lipinski definition) is 2. The zero-order valence-electron chi connectivity index (χ0n) is 14.2. The number of hydrogen-bond acceptors (Lipinski definition) is 4. The molecular formula is C18H19ClN2O4. The van der Waals surface area contributed by atoms with Crippen molar-refractivity contribution < 1.29 is 19.1 Å². The second-order valence-corrected chi connectivity index (χ2v) is 5.57. The Morgan fingerprint density at radius 2 is 1.72 bits per heavy atom. The van der Waals surface area contributed by atoms with Crippen molar-refractivity contribution >= 4 is 34.8 Å². The number of methoxy groups -OCH3 is 1. The maximum absolute atomic E-state index is 12.1. The van der Waals surface area contributed by atoms with Crippen molar-refractivity contribution in [1.29, 1.82) is 0 Å². The van der Waals surface area contributed by atoms with Gasteiger partial charge in [-0.3, -0.25) is 9.59 Å². The highest BCUT2D eigenvalue weighted by molar-refractivity contribution is 6.43. The van der Waals surface area contributed by atoms with Crippen LogP contribution in [0.3, 0.4) is 0 Å². The Bertz CT molecular complexity index is 775. The van der Waals surface area contributed by atoms with Crippen LogP contribution >= 0.6 is 11.6 Å². The molecular weight excluding hydrogens is 344 g/mol. The van der Waals surface area contributed by atoms with Crippen molar-refractivity contribution in [2.24, 2.45) is 0 Å². The quantitative estimate of drug-likeness (QED) is 0.796. The summed E-state index contributed by atoms with van der Waals surface area (Å²) in [5.74, 6) is -0.545. The van der Waals surface area contributed by atoms with Crippen LogP contribution < -0.4 is 20.1 Å². The van der Waals surface area contributed by atoms with Crippen LogP contribution in [0.25, 0.3) is 0 Å². The van der Waals surface area contributed by atoms with E-state index < -0.39 is 11.8 Å². The van der Waals surface area contributed by atoms with Crippen LogP contribution in [-0.4, -0.2) is 25.5 Å². The number of benzene rings is 2. The molecule has 0 aliphatic rings. The van der Waals surface area contributed by atoms with E-state index >= 15 is 0 Å². The lowest BCUT2D eigenvalue weighted by Gasteiger charge is -2.12. The summed E-state index contributed by atoms with van der Waals surface area (Å²) < 4.78 is 10.5. The molecule has 7 heteroatoms. The molecule has 0 atom stereocenters. The minimum atomic E-state index is -0.811. The van der Waals surface area contributed by atoms with Gasteiger partial charge in [0.1, 0.15) is 11.5 Å². The van der Waals surface area contributed by atoms with Crippen molar-refractivity contribution in [2.45, 2.75) is 13.8 Å². The SMILES string of the molecule is CCOc1ccc(NC(=O)C(=O)Nc2cc(C)c(Cl)cc2OC)cc1. The molecule has 6 nitrogen and oxygen atoms in total. The summed E-state index contributed by atoms with van der Waals surface area (Å²) in [6, 6.07) is 9.96. The van der Waals surface area contributed by atoms with Crippen LogP contribution in [0.4, 0.5) is 11.4 Å². The molecule has 0 unspecified atom stereocenters. The van der Waals surface area contributed by atoms with Gasteiger partial charge in [0, 0.05) is 16.8 Å². The van der Waals surface area contributed by atoms with E-state index in [1.54, 1.807) is 43.3 Å². The molecule has 0 saturated heterocycles. The van der Waals surface area contributed by atoms with Gasteiger partial charge in [0.25, 0.3) is 0 Å². The normalized spacial score (nSPS) is 10.1. The van der Waals surface area contributed by atoms with Gasteiger partial charge < -0.3 is 20.1 Å². The molecule has 2 amide bonds. The third-order valence-corrected chi connectivity index (χ3v) is 3.77. The fourth-order valence-electron chi connectivity index (χ4n) is 2.10. The van der Waals surface area contributed by atoms with Crippen molar-refractivity contribution in [2.75, 3.05) is 24.4 Å².